The van der Waals surface area contributed by atoms with Crippen LogP contribution in [-0.2, 0) is 19.1 Å². The molecule has 0 saturated carbocycles. The third-order valence-corrected chi connectivity index (χ3v) is 4.76. The zero-order valence-electron chi connectivity index (χ0n) is 20.5. The molecule has 0 aliphatic rings. The Labute approximate surface area is 200 Å². The van der Waals surface area contributed by atoms with Crippen LogP contribution in [0.15, 0.2) is 95.9 Å². The third-order valence-electron chi connectivity index (χ3n) is 4.76. The molecule has 6 heteroatoms. The van der Waals surface area contributed by atoms with Gasteiger partial charge >= 0.3 is 11.9 Å². The zero-order valence-corrected chi connectivity index (χ0v) is 20.5. The minimum Gasteiger partial charge on any atom is -0.459 e. The second-order valence-electron chi connectivity index (χ2n) is 7.82. The molecule has 2 aromatic carbocycles. The number of esters is 2. The minimum atomic E-state index is -0.489. The van der Waals surface area contributed by atoms with Gasteiger partial charge in [0, 0.05) is 11.1 Å². The van der Waals surface area contributed by atoms with Crippen molar-refractivity contribution in [2.45, 2.75) is 41.5 Å². The van der Waals surface area contributed by atoms with E-state index in [-0.39, 0.29) is 0 Å². The molecule has 0 aromatic heterocycles. The third kappa shape index (κ3) is 7.52. The highest BCUT2D eigenvalue weighted by Crippen LogP contribution is 2.27. The van der Waals surface area contributed by atoms with Gasteiger partial charge in [0.25, 0.3) is 0 Å². The predicted octanol–water partition coefficient (Wildman–Crippen LogP) is 6.85. The summed E-state index contributed by atoms with van der Waals surface area (Å²) >= 11 is 0. The van der Waals surface area contributed by atoms with Crippen LogP contribution in [-0.4, -0.2) is 11.9 Å². The highest BCUT2D eigenvalue weighted by Gasteiger charge is 2.10. The maximum atomic E-state index is 11.6. The molecule has 0 atom stereocenters. The van der Waals surface area contributed by atoms with Crippen LogP contribution < -0.4 is 9.47 Å². The van der Waals surface area contributed by atoms with E-state index in [1.54, 1.807) is 41.5 Å². The van der Waals surface area contributed by atoms with Gasteiger partial charge in [-0.3, -0.25) is 0 Å². The Morgan fingerprint density at radius 3 is 1.09 bits per heavy atom. The molecule has 0 aliphatic carbocycles. The summed E-state index contributed by atoms with van der Waals surface area (Å²) in [7, 11) is 0. The van der Waals surface area contributed by atoms with E-state index in [0.717, 1.165) is 11.1 Å². The Morgan fingerprint density at radius 1 is 0.529 bits per heavy atom. The van der Waals surface area contributed by atoms with Crippen LogP contribution in [0.1, 0.15) is 41.5 Å². The number of carbonyl (C=O) groups excluding carboxylic acids is 2. The number of hydrogen-bond donors (Lipinski definition) is 0. The molecule has 178 valence electrons. The van der Waals surface area contributed by atoms with Gasteiger partial charge in [-0.25, -0.2) is 9.59 Å². The SMILES string of the molecule is C=C(C)C(=O)OC(C)=C(C)Oc1ccc(-c2ccc(OC(C)=C(C)OC(=O)C(=C)C)cc2)cc1. The van der Waals surface area contributed by atoms with Gasteiger partial charge in [-0.05, 0) is 76.9 Å². The van der Waals surface area contributed by atoms with E-state index in [1.807, 2.05) is 48.5 Å². The Hall–Kier alpha value is -4.06. The molecular formula is C28H30O6. The van der Waals surface area contributed by atoms with Gasteiger partial charge < -0.3 is 18.9 Å². The maximum Gasteiger partial charge on any atom is 0.338 e. The standard InChI is InChI=1S/C28H30O6/c1-17(2)27(29)33-21(7)19(5)31-25-13-9-23(10-14-25)24-11-15-26(16-12-24)32-20(6)22(8)34-28(30)18(3)4/h9-16H,1,3H2,2,4-8H3. The van der Waals surface area contributed by atoms with Crippen molar-refractivity contribution in [1.82, 2.24) is 0 Å². The number of rotatable bonds is 9. The van der Waals surface area contributed by atoms with Crippen molar-refractivity contribution in [1.29, 1.82) is 0 Å². The summed E-state index contributed by atoms with van der Waals surface area (Å²) in [6.45, 7) is 17.1. The summed E-state index contributed by atoms with van der Waals surface area (Å²) in [5, 5.41) is 0. The topological polar surface area (TPSA) is 71.1 Å². The van der Waals surface area contributed by atoms with Crippen LogP contribution >= 0.6 is 0 Å². The molecule has 34 heavy (non-hydrogen) atoms. The van der Waals surface area contributed by atoms with Gasteiger partial charge in [0.1, 0.15) is 34.5 Å². The second kappa shape index (κ2) is 11.7. The van der Waals surface area contributed by atoms with Crippen LogP contribution in [0.4, 0.5) is 0 Å². The first-order chi connectivity index (χ1) is 16.0. The van der Waals surface area contributed by atoms with Crippen molar-refractivity contribution < 1.29 is 28.5 Å². The summed E-state index contributed by atoms with van der Waals surface area (Å²) in [5.74, 6) is 1.98. The molecule has 0 radical (unpaired) electrons. The molecule has 0 spiro atoms. The Kier molecular flexibility index (Phi) is 9.01. The molecule has 0 aliphatic heterocycles. The predicted molar refractivity (Wildman–Crippen MR) is 132 cm³/mol. The van der Waals surface area contributed by atoms with E-state index in [4.69, 9.17) is 18.9 Å². The molecule has 0 unspecified atom stereocenters. The van der Waals surface area contributed by atoms with Crippen LogP contribution in [0, 0.1) is 0 Å². The lowest BCUT2D eigenvalue weighted by molar-refractivity contribution is -0.136. The number of ether oxygens (including phenoxy) is 4. The average Bonchev–Trinajstić information content (AvgIpc) is 2.79. The van der Waals surface area contributed by atoms with E-state index >= 15 is 0 Å². The summed E-state index contributed by atoms with van der Waals surface area (Å²) in [6.07, 6.45) is 0. The summed E-state index contributed by atoms with van der Waals surface area (Å²) in [5.41, 5.74) is 2.62. The summed E-state index contributed by atoms with van der Waals surface area (Å²) < 4.78 is 22.0. The van der Waals surface area contributed by atoms with E-state index in [1.165, 1.54) is 0 Å². The smallest absolute Gasteiger partial charge is 0.338 e. The number of carbonyl (C=O) groups is 2. The Bertz CT molecular complexity index is 1050. The normalized spacial score (nSPS) is 12.1. The van der Waals surface area contributed by atoms with E-state index < -0.39 is 11.9 Å². The van der Waals surface area contributed by atoms with Gasteiger partial charge in [0.15, 0.2) is 0 Å². The fourth-order valence-corrected chi connectivity index (χ4v) is 2.52. The molecule has 0 saturated heterocycles. The van der Waals surface area contributed by atoms with Gasteiger partial charge in [0.05, 0.1) is 0 Å². The number of hydrogen-bond acceptors (Lipinski definition) is 6. The summed E-state index contributed by atoms with van der Waals surface area (Å²) in [4.78, 5) is 23.3. The molecule has 2 rings (SSSR count). The van der Waals surface area contributed by atoms with Gasteiger partial charge in [0.2, 0.25) is 0 Å². The van der Waals surface area contributed by atoms with Gasteiger partial charge in [-0.2, -0.15) is 0 Å². The Morgan fingerprint density at radius 2 is 0.824 bits per heavy atom. The molecule has 2 aromatic rings. The fourth-order valence-electron chi connectivity index (χ4n) is 2.52. The first-order valence-corrected chi connectivity index (χ1v) is 10.6. The lowest BCUT2D eigenvalue weighted by atomic mass is 10.1. The lowest BCUT2D eigenvalue weighted by Gasteiger charge is -2.12. The highest BCUT2D eigenvalue weighted by atomic mass is 16.6. The molecule has 0 N–H and O–H groups in total. The lowest BCUT2D eigenvalue weighted by Crippen LogP contribution is -2.06. The highest BCUT2D eigenvalue weighted by molar-refractivity contribution is 5.88. The molecule has 6 nitrogen and oxygen atoms in total. The number of benzene rings is 2. The van der Waals surface area contributed by atoms with Crippen molar-refractivity contribution in [3.05, 3.63) is 95.9 Å². The van der Waals surface area contributed by atoms with Gasteiger partial charge in [-0.15, -0.1) is 0 Å². The Balaban J connectivity index is 2.05. The monoisotopic (exact) mass is 462 g/mol. The van der Waals surface area contributed by atoms with Crippen LogP contribution in [0.25, 0.3) is 11.1 Å². The zero-order chi connectivity index (χ0) is 25.4. The molecule has 0 fully saturated rings. The van der Waals surface area contributed by atoms with Crippen molar-refractivity contribution in [3.8, 4) is 22.6 Å². The fraction of sp³-hybridized carbons (Fsp3) is 0.214. The largest absolute Gasteiger partial charge is 0.459 e. The van der Waals surface area contributed by atoms with Crippen molar-refractivity contribution >= 4 is 11.9 Å². The summed E-state index contributed by atoms with van der Waals surface area (Å²) in [6, 6.07) is 15.1. The van der Waals surface area contributed by atoms with Crippen LogP contribution in [0.5, 0.6) is 11.5 Å². The molecular weight excluding hydrogens is 432 g/mol. The van der Waals surface area contributed by atoms with Crippen LogP contribution in [0.3, 0.4) is 0 Å². The molecule has 0 amide bonds. The van der Waals surface area contributed by atoms with Crippen molar-refractivity contribution in [3.63, 3.8) is 0 Å². The van der Waals surface area contributed by atoms with Crippen molar-refractivity contribution in [2.75, 3.05) is 0 Å². The first kappa shape index (κ1) is 26.2. The van der Waals surface area contributed by atoms with Crippen LogP contribution in [0.2, 0.25) is 0 Å². The number of allylic oxidation sites excluding steroid dienone is 4. The maximum absolute atomic E-state index is 11.6. The van der Waals surface area contributed by atoms with E-state index in [0.29, 0.717) is 45.7 Å². The molecule has 0 heterocycles. The molecule has 0 bridgehead atoms. The van der Waals surface area contributed by atoms with E-state index in [2.05, 4.69) is 13.2 Å². The van der Waals surface area contributed by atoms with Gasteiger partial charge in [-0.1, -0.05) is 37.4 Å². The van der Waals surface area contributed by atoms with E-state index in [9.17, 15) is 9.59 Å². The second-order valence-corrected chi connectivity index (χ2v) is 7.82. The quantitative estimate of drug-likeness (QED) is 0.230. The minimum absolute atomic E-state index is 0.320. The average molecular weight is 463 g/mol. The van der Waals surface area contributed by atoms with Crippen molar-refractivity contribution in [2.24, 2.45) is 0 Å². The first-order valence-electron chi connectivity index (χ1n) is 10.6.